The van der Waals surface area contributed by atoms with Crippen molar-refractivity contribution in [1.29, 1.82) is 0 Å². The van der Waals surface area contributed by atoms with Gasteiger partial charge in [-0.05, 0) is 53.7 Å². The predicted molar refractivity (Wildman–Crippen MR) is 86.5 cm³/mol. The topological polar surface area (TPSA) is 46.3 Å². The highest BCUT2D eigenvalue weighted by Crippen LogP contribution is 2.35. The zero-order valence-electron chi connectivity index (χ0n) is 13.3. The van der Waals surface area contributed by atoms with E-state index >= 15 is 0 Å². The number of phenolic OH excluding ortho intramolecular Hbond substituents is 1. The van der Waals surface area contributed by atoms with Gasteiger partial charge >= 0.3 is 0 Å². The number of benzene rings is 1. The number of rotatable bonds is 4. The van der Waals surface area contributed by atoms with Crippen molar-refractivity contribution < 1.29 is 9.63 Å². The summed E-state index contributed by atoms with van der Waals surface area (Å²) in [6.45, 7) is 10.3. The molecule has 0 aliphatic rings. The molecule has 0 fully saturated rings. The molecule has 0 atom stereocenters. The standard InChI is InChI=1S/C18H23NO2/c1-11(2)16-9-14(10-17(12(3)4)18(16)20)6-7-15-8-13(5)19-21-15/h6-12,20H,1-5H3/b7-6+. The lowest BCUT2D eigenvalue weighted by atomic mass is 9.91. The van der Waals surface area contributed by atoms with E-state index in [9.17, 15) is 5.11 Å². The fraction of sp³-hybridized carbons (Fsp3) is 0.389. The number of nitrogens with zero attached hydrogens (tertiary/aromatic N) is 1. The number of aryl methyl sites for hydroxylation is 1. The monoisotopic (exact) mass is 285 g/mol. The van der Waals surface area contributed by atoms with E-state index in [1.807, 2.05) is 37.3 Å². The van der Waals surface area contributed by atoms with Crippen LogP contribution in [0.4, 0.5) is 0 Å². The van der Waals surface area contributed by atoms with E-state index in [1.165, 1.54) is 0 Å². The second-order valence-corrected chi connectivity index (χ2v) is 6.06. The number of aromatic nitrogens is 1. The lowest BCUT2D eigenvalue weighted by molar-refractivity contribution is 0.408. The van der Waals surface area contributed by atoms with Gasteiger partial charge in [0.1, 0.15) is 5.75 Å². The maximum absolute atomic E-state index is 10.4. The third-order valence-corrected chi connectivity index (χ3v) is 3.52. The van der Waals surface area contributed by atoms with Gasteiger partial charge in [0, 0.05) is 6.07 Å². The Morgan fingerprint density at radius 2 is 1.57 bits per heavy atom. The zero-order valence-corrected chi connectivity index (χ0v) is 13.3. The van der Waals surface area contributed by atoms with Crippen molar-refractivity contribution in [2.75, 3.05) is 0 Å². The zero-order chi connectivity index (χ0) is 15.6. The molecule has 2 aromatic rings. The number of aromatic hydroxyl groups is 1. The van der Waals surface area contributed by atoms with Crippen LogP contribution in [0.5, 0.6) is 5.75 Å². The van der Waals surface area contributed by atoms with Crippen LogP contribution in [0.15, 0.2) is 22.7 Å². The summed E-state index contributed by atoms with van der Waals surface area (Å²) in [5, 5.41) is 14.3. The SMILES string of the molecule is Cc1cc(/C=C/c2cc(C(C)C)c(O)c(C(C)C)c2)on1. The molecule has 0 radical (unpaired) electrons. The minimum atomic E-state index is 0.281. The molecule has 21 heavy (non-hydrogen) atoms. The summed E-state index contributed by atoms with van der Waals surface area (Å²) < 4.78 is 5.18. The summed E-state index contributed by atoms with van der Waals surface area (Å²) >= 11 is 0. The van der Waals surface area contributed by atoms with Crippen molar-refractivity contribution in [2.45, 2.75) is 46.5 Å². The summed E-state index contributed by atoms with van der Waals surface area (Å²) in [5.74, 6) is 1.72. The van der Waals surface area contributed by atoms with Crippen molar-refractivity contribution >= 4 is 12.2 Å². The third kappa shape index (κ3) is 3.54. The Balaban J connectivity index is 2.41. The van der Waals surface area contributed by atoms with Gasteiger partial charge in [-0.2, -0.15) is 0 Å². The van der Waals surface area contributed by atoms with Crippen LogP contribution in [-0.2, 0) is 0 Å². The van der Waals surface area contributed by atoms with E-state index in [4.69, 9.17) is 4.52 Å². The Labute approximate surface area is 126 Å². The minimum absolute atomic E-state index is 0.281. The summed E-state index contributed by atoms with van der Waals surface area (Å²) in [7, 11) is 0. The van der Waals surface area contributed by atoms with Gasteiger partial charge in [-0.3, -0.25) is 0 Å². The molecule has 1 aromatic heterocycles. The van der Waals surface area contributed by atoms with Crippen molar-refractivity contribution in [3.8, 4) is 5.75 Å². The predicted octanol–water partition coefficient (Wildman–Crippen LogP) is 5.11. The highest BCUT2D eigenvalue weighted by atomic mass is 16.5. The van der Waals surface area contributed by atoms with Gasteiger partial charge in [-0.25, -0.2) is 0 Å². The first-order valence-corrected chi connectivity index (χ1v) is 7.36. The molecule has 112 valence electrons. The van der Waals surface area contributed by atoms with E-state index in [0.29, 0.717) is 5.75 Å². The van der Waals surface area contributed by atoms with E-state index < -0.39 is 0 Å². The summed E-state index contributed by atoms with van der Waals surface area (Å²) in [4.78, 5) is 0. The molecule has 0 unspecified atom stereocenters. The first-order valence-electron chi connectivity index (χ1n) is 7.36. The lowest BCUT2D eigenvalue weighted by Crippen LogP contribution is -1.96. The molecule has 3 heteroatoms. The van der Waals surface area contributed by atoms with Crippen molar-refractivity contribution in [1.82, 2.24) is 5.16 Å². The van der Waals surface area contributed by atoms with Crippen LogP contribution >= 0.6 is 0 Å². The van der Waals surface area contributed by atoms with Crippen molar-refractivity contribution in [3.63, 3.8) is 0 Å². The molecular formula is C18H23NO2. The quantitative estimate of drug-likeness (QED) is 0.849. The van der Waals surface area contributed by atoms with E-state index in [1.54, 1.807) is 0 Å². The van der Waals surface area contributed by atoms with Crippen LogP contribution in [0.2, 0.25) is 0 Å². The average molecular weight is 285 g/mol. The van der Waals surface area contributed by atoms with E-state index in [2.05, 4.69) is 32.9 Å². The molecule has 1 N–H and O–H groups in total. The van der Waals surface area contributed by atoms with Crippen molar-refractivity contribution in [3.05, 3.63) is 46.3 Å². The van der Waals surface area contributed by atoms with E-state index in [0.717, 1.165) is 28.1 Å². The molecule has 1 aromatic carbocycles. The third-order valence-electron chi connectivity index (χ3n) is 3.52. The van der Waals surface area contributed by atoms with Crippen molar-refractivity contribution in [2.24, 2.45) is 0 Å². The minimum Gasteiger partial charge on any atom is -0.507 e. The molecule has 0 spiro atoms. The molecule has 0 saturated carbocycles. The molecular weight excluding hydrogens is 262 g/mol. The molecule has 2 rings (SSSR count). The van der Waals surface area contributed by atoms with Crippen LogP contribution in [0, 0.1) is 6.92 Å². The first-order chi connectivity index (χ1) is 9.88. The fourth-order valence-electron chi connectivity index (χ4n) is 2.32. The van der Waals surface area contributed by atoms with Gasteiger partial charge in [0.15, 0.2) is 5.76 Å². The maximum atomic E-state index is 10.4. The smallest absolute Gasteiger partial charge is 0.159 e. The Bertz CT molecular complexity index is 622. The van der Waals surface area contributed by atoms with Crippen LogP contribution in [-0.4, -0.2) is 10.3 Å². The molecule has 0 saturated heterocycles. The Kier molecular flexibility index (Phi) is 4.51. The lowest BCUT2D eigenvalue weighted by Gasteiger charge is -2.16. The second kappa shape index (κ2) is 6.17. The Hall–Kier alpha value is -2.03. The van der Waals surface area contributed by atoms with Gasteiger partial charge in [0.25, 0.3) is 0 Å². The van der Waals surface area contributed by atoms with Gasteiger partial charge in [0.05, 0.1) is 5.69 Å². The summed E-state index contributed by atoms with van der Waals surface area (Å²) in [6.07, 6.45) is 3.90. The summed E-state index contributed by atoms with van der Waals surface area (Å²) in [5.41, 5.74) is 3.89. The largest absolute Gasteiger partial charge is 0.507 e. The Morgan fingerprint density at radius 1 is 1.00 bits per heavy atom. The van der Waals surface area contributed by atoms with Gasteiger partial charge < -0.3 is 9.63 Å². The van der Waals surface area contributed by atoms with Crippen LogP contribution < -0.4 is 0 Å². The normalized spacial score (nSPS) is 12.0. The van der Waals surface area contributed by atoms with Gasteiger partial charge in [0.2, 0.25) is 0 Å². The number of phenols is 1. The van der Waals surface area contributed by atoms with Gasteiger partial charge in [-0.15, -0.1) is 0 Å². The average Bonchev–Trinajstić information content (AvgIpc) is 2.82. The molecule has 1 heterocycles. The molecule has 0 aliphatic heterocycles. The first kappa shape index (κ1) is 15.4. The van der Waals surface area contributed by atoms with E-state index in [-0.39, 0.29) is 11.8 Å². The molecule has 0 aliphatic carbocycles. The van der Waals surface area contributed by atoms with Crippen LogP contribution in [0.3, 0.4) is 0 Å². The molecule has 0 bridgehead atoms. The number of hydrogen-bond acceptors (Lipinski definition) is 3. The number of hydrogen-bond donors (Lipinski definition) is 1. The van der Waals surface area contributed by atoms with Crippen LogP contribution in [0.25, 0.3) is 12.2 Å². The fourth-order valence-corrected chi connectivity index (χ4v) is 2.32. The van der Waals surface area contributed by atoms with Gasteiger partial charge in [-0.1, -0.05) is 38.9 Å². The maximum Gasteiger partial charge on any atom is 0.159 e. The highest BCUT2D eigenvalue weighted by Gasteiger charge is 2.14. The molecule has 0 amide bonds. The Morgan fingerprint density at radius 3 is 2.00 bits per heavy atom. The second-order valence-electron chi connectivity index (χ2n) is 6.06. The summed E-state index contributed by atoms with van der Waals surface area (Å²) in [6, 6.07) is 5.96. The van der Waals surface area contributed by atoms with Crippen LogP contribution in [0.1, 0.15) is 67.7 Å². The molecule has 3 nitrogen and oxygen atoms in total. The highest BCUT2D eigenvalue weighted by molar-refractivity contribution is 5.69.